The number of nitrogens with zero attached hydrogens (tertiary/aromatic N) is 1. The normalized spacial score (nSPS) is 33.1. The molecule has 1 aromatic carbocycles. The molecule has 2 fully saturated rings. The average molecular weight is 324 g/mol. The Balaban J connectivity index is 1.88. The predicted molar refractivity (Wildman–Crippen MR) is 78.9 cm³/mol. The molecule has 4 nitrogen and oxygen atoms in total. The topological polar surface area (TPSA) is 58.4 Å². The van der Waals surface area contributed by atoms with Crippen LogP contribution in [0.15, 0.2) is 28.7 Å². The molecular formula is C14H18BrN3O. The third kappa shape index (κ3) is 2.25. The summed E-state index contributed by atoms with van der Waals surface area (Å²) in [4.78, 5) is 14.5. The standard InChI is InChI=1S/C14H18BrN3O/c15-11-1-3-12(4-2-11)17-14(13(16)19)6-8-18-7-5-10(14)9-18/h1-4,10,17H,5-9H2,(H2,16,19). The van der Waals surface area contributed by atoms with E-state index in [4.69, 9.17) is 5.73 Å². The SMILES string of the molecule is NC(=O)C1(Nc2ccc(Br)cc2)CCN2CCC1C2. The van der Waals surface area contributed by atoms with Crippen molar-refractivity contribution < 1.29 is 4.79 Å². The zero-order valence-electron chi connectivity index (χ0n) is 10.7. The molecule has 0 saturated carbocycles. The first-order valence-corrected chi connectivity index (χ1v) is 7.45. The highest BCUT2D eigenvalue weighted by Gasteiger charge is 2.50. The number of hydrogen-bond donors (Lipinski definition) is 2. The first-order chi connectivity index (χ1) is 9.10. The molecule has 2 bridgehead atoms. The van der Waals surface area contributed by atoms with Crippen LogP contribution in [0.2, 0.25) is 0 Å². The van der Waals surface area contributed by atoms with Gasteiger partial charge in [0.25, 0.3) is 0 Å². The van der Waals surface area contributed by atoms with Gasteiger partial charge in [-0.2, -0.15) is 0 Å². The summed E-state index contributed by atoms with van der Waals surface area (Å²) in [5.74, 6) is 0.101. The molecule has 102 valence electrons. The largest absolute Gasteiger partial charge is 0.371 e. The number of fused-ring (bicyclic) bond motifs is 2. The van der Waals surface area contributed by atoms with E-state index in [9.17, 15) is 4.79 Å². The molecule has 0 radical (unpaired) electrons. The number of hydrogen-bond acceptors (Lipinski definition) is 3. The fourth-order valence-electron chi connectivity index (χ4n) is 3.32. The lowest BCUT2D eigenvalue weighted by Gasteiger charge is -2.41. The number of nitrogens with two attached hydrogens (primary N) is 1. The Hall–Kier alpha value is -1.07. The molecule has 3 unspecified atom stereocenters. The molecule has 0 aromatic heterocycles. The van der Waals surface area contributed by atoms with E-state index in [1.165, 1.54) is 0 Å². The molecule has 2 saturated heterocycles. The highest BCUT2D eigenvalue weighted by Crippen LogP contribution is 2.38. The second-order valence-electron chi connectivity index (χ2n) is 5.50. The fraction of sp³-hybridized carbons (Fsp3) is 0.500. The van der Waals surface area contributed by atoms with Gasteiger partial charge in [0.2, 0.25) is 5.91 Å². The van der Waals surface area contributed by atoms with E-state index < -0.39 is 5.54 Å². The molecule has 5 heteroatoms. The Morgan fingerprint density at radius 1 is 1.37 bits per heavy atom. The van der Waals surface area contributed by atoms with Crippen molar-refractivity contribution >= 4 is 27.5 Å². The molecule has 0 aliphatic carbocycles. The minimum absolute atomic E-state index is 0.220. The maximum absolute atomic E-state index is 12.1. The van der Waals surface area contributed by atoms with Crippen LogP contribution in [-0.4, -0.2) is 36.0 Å². The van der Waals surface area contributed by atoms with Crippen LogP contribution in [0.3, 0.4) is 0 Å². The van der Waals surface area contributed by atoms with Crippen LogP contribution in [0.5, 0.6) is 0 Å². The Morgan fingerprint density at radius 3 is 2.79 bits per heavy atom. The molecule has 2 heterocycles. The second-order valence-corrected chi connectivity index (χ2v) is 6.42. The van der Waals surface area contributed by atoms with E-state index in [0.29, 0.717) is 5.92 Å². The molecule has 2 aliphatic rings. The summed E-state index contributed by atoms with van der Waals surface area (Å²) in [6.45, 7) is 3.01. The van der Waals surface area contributed by atoms with Crippen molar-refractivity contribution in [2.45, 2.75) is 18.4 Å². The molecule has 1 aromatic rings. The van der Waals surface area contributed by atoms with Crippen molar-refractivity contribution in [2.75, 3.05) is 25.0 Å². The van der Waals surface area contributed by atoms with Crippen molar-refractivity contribution in [3.8, 4) is 0 Å². The van der Waals surface area contributed by atoms with Gasteiger partial charge in [0.05, 0.1) is 0 Å². The maximum atomic E-state index is 12.1. The number of amides is 1. The van der Waals surface area contributed by atoms with Crippen molar-refractivity contribution in [3.05, 3.63) is 28.7 Å². The predicted octanol–water partition coefficient (Wildman–Crippen LogP) is 1.81. The average Bonchev–Trinajstić information content (AvgIpc) is 2.80. The highest BCUT2D eigenvalue weighted by atomic mass is 79.9. The van der Waals surface area contributed by atoms with Gasteiger partial charge in [-0.25, -0.2) is 0 Å². The molecule has 3 N–H and O–H groups in total. The molecule has 3 rings (SSSR count). The Kier molecular flexibility index (Phi) is 3.27. The molecule has 2 aliphatic heterocycles. The molecule has 3 atom stereocenters. The fourth-order valence-corrected chi connectivity index (χ4v) is 3.58. The van der Waals surface area contributed by atoms with Gasteiger partial charge in [0.1, 0.15) is 5.54 Å². The van der Waals surface area contributed by atoms with Gasteiger partial charge >= 0.3 is 0 Å². The van der Waals surface area contributed by atoms with Crippen molar-refractivity contribution in [3.63, 3.8) is 0 Å². The third-order valence-electron chi connectivity index (χ3n) is 4.44. The lowest BCUT2D eigenvalue weighted by atomic mass is 9.78. The lowest BCUT2D eigenvalue weighted by Crippen LogP contribution is -2.60. The van der Waals surface area contributed by atoms with Crippen molar-refractivity contribution in [1.29, 1.82) is 0 Å². The van der Waals surface area contributed by atoms with Gasteiger partial charge in [0, 0.05) is 29.2 Å². The van der Waals surface area contributed by atoms with Crippen molar-refractivity contribution in [1.82, 2.24) is 4.90 Å². The van der Waals surface area contributed by atoms with Crippen LogP contribution in [0.4, 0.5) is 5.69 Å². The van der Waals surface area contributed by atoms with E-state index in [-0.39, 0.29) is 5.91 Å². The first kappa shape index (κ1) is 12.9. The highest BCUT2D eigenvalue weighted by molar-refractivity contribution is 9.10. The summed E-state index contributed by atoms with van der Waals surface area (Å²) in [6.07, 6.45) is 1.84. The summed E-state index contributed by atoms with van der Waals surface area (Å²) in [5, 5.41) is 3.43. The molecule has 19 heavy (non-hydrogen) atoms. The lowest BCUT2D eigenvalue weighted by molar-refractivity contribution is -0.125. The monoisotopic (exact) mass is 323 g/mol. The number of piperidine rings is 1. The smallest absolute Gasteiger partial charge is 0.243 e. The number of carbonyl (C=O) groups excluding carboxylic acids is 1. The van der Waals surface area contributed by atoms with Crippen LogP contribution in [0.25, 0.3) is 0 Å². The summed E-state index contributed by atoms with van der Waals surface area (Å²) in [6, 6.07) is 7.91. The third-order valence-corrected chi connectivity index (χ3v) is 4.97. The van der Waals surface area contributed by atoms with Gasteiger partial charge in [-0.15, -0.1) is 0 Å². The maximum Gasteiger partial charge on any atom is 0.243 e. The Bertz CT molecular complexity index is 490. The number of primary amides is 1. The van der Waals surface area contributed by atoms with Crippen LogP contribution < -0.4 is 11.1 Å². The van der Waals surface area contributed by atoms with Gasteiger partial charge in [-0.05, 0) is 43.7 Å². The van der Waals surface area contributed by atoms with E-state index in [0.717, 1.165) is 42.6 Å². The number of rotatable bonds is 3. The van der Waals surface area contributed by atoms with Gasteiger partial charge in [-0.1, -0.05) is 15.9 Å². The number of halogens is 1. The van der Waals surface area contributed by atoms with Crippen LogP contribution in [-0.2, 0) is 4.79 Å². The minimum atomic E-state index is -0.583. The van der Waals surface area contributed by atoms with Crippen LogP contribution >= 0.6 is 15.9 Å². The Labute approximate surface area is 121 Å². The molecule has 1 amide bonds. The summed E-state index contributed by atoms with van der Waals surface area (Å²) in [5.41, 5.74) is 6.11. The number of carbonyl (C=O) groups is 1. The van der Waals surface area contributed by atoms with Crippen LogP contribution in [0.1, 0.15) is 12.8 Å². The Morgan fingerprint density at radius 2 is 2.11 bits per heavy atom. The quantitative estimate of drug-likeness (QED) is 0.892. The first-order valence-electron chi connectivity index (χ1n) is 6.66. The summed E-state index contributed by atoms with van der Waals surface area (Å²) < 4.78 is 1.03. The van der Waals surface area contributed by atoms with Gasteiger partial charge in [-0.3, -0.25) is 4.79 Å². The van der Waals surface area contributed by atoms with E-state index in [1.54, 1.807) is 0 Å². The summed E-state index contributed by atoms with van der Waals surface area (Å²) >= 11 is 3.42. The van der Waals surface area contributed by atoms with E-state index in [1.807, 2.05) is 24.3 Å². The van der Waals surface area contributed by atoms with Gasteiger partial charge in [0.15, 0.2) is 0 Å². The number of benzene rings is 1. The van der Waals surface area contributed by atoms with Crippen LogP contribution in [0, 0.1) is 5.92 Å². The van der Waals surface area contributed by atoms with E-state index in [2.05, 4.69) is 26.1 Å². The zero-order chi connectivity index (χ0) is 13.5. The molecule has 0 spiro atoms. The second kappa shape index (κ2) is 4.80. The minimum Gasteiger partial charge on any atom is -0.371 e. The van der Waals surface area contributed by atoms with Gasteiger partial charge < -0.3 is 16.0 Å². The summed E-state index contributed by atoms with van der Waals surface area (Å²) in [7, 11) is 0. The van der Waals surface area contributed by atoms with E-state index >= 15 is 0 Å². The number of anilines is 1. The zero-order valence-corrected chi connectivity index (χ0v) is 12.3. The molecular weight excluding hydrogens is 306 g/mol. The van der Waals surface area contributed by atoms with Crippen molar-refractivity contribution in [2.24, 2.45) is 11.7 Å². The number of nitrogens with one attached hydrogen (secondary N) is 1.